The van der Waals surface area contributed by atoms with Crippen molar-refractivity contribution >= 4 is 0 Å². The molecule has 1 aromatic carbocycles. The highest BCUT2D eigenvalue weighted by Crippen LogP contribution is 2.35. The van der Waals surface area contributed by atoms with Crippen molar-refractivity contribution in [2.24, 2.45) is 5.73 Å². The molecule has 0 fully saturated rings. The average Bonchev–Trinajstić information content (AvgIpc) is 2.97. The number of rotatable bonds is 2. The van der Waals surface area contributed by atoms with E-state index in [1.165, 1.54) is 0 Å². The van der Waals surface area contributed by atoms with E-state index in [2.05, 4.69) is 10.2 Å². The molecule has 0 radical (unpaired) electrons. The molecule has 1 aliphatic rings. The highest BCUT2D eigenvalue weighted by atomic mass is 16.7. The van der Waals surface area contributed by atoms with Crippen LogP contribution in [0.1, 0.15) is 18.9 Å². The zero-order chi connectivity index (χ0) is 11.8. The normalized spacial score (nSPS) is 14.9. The van der Waals surface area contributed by atoms with Crippen LogP contribution in [0.15, 0.2) is 22.6 Å². The van der Waals surface area contributed by atoms with Crippen molar-refractivity contribution in [3.63, 3.8) is 0 Å². The van der Waals surface area contributed by atoms with Crippen LogP contribution < -0.4 is 15.2 Å². The molecule has 0 aliphatic carbocycles. The van der Waals surface area contributed by atoms with Gasteiger partial charge in [0.25, 0.3) is 0 Å². The maximum absolute atomic E-state index is 5.65. The number of hydrogen-bond donors (Lipinski definition) is 1. The molecule has 1 aromatic heterocycles. The Morgan fingerprint density at radius 3 is 2.82 bits per heavy atom. The molecule has 88 valence electrons. The van der Waals surface area contributed by atoms with Gasteiger partial charge in [-0.1, -0.05) is 0 Å². The molecule has 0 spiro atoms. The van der Waals surface area contributed by atoms with Crippen molar-refractivity contribution in [3.8, 4) is 23.0 Å². The summed E-state index contributed by atoms with van der Waals surface area (Å²) in [6, 6.07) is 5.19. The minimum absolute atomic E-state index is 0.244. The van der Waals surface area contributed by atoms with E-state index in [0.29, 0.717) is 17.5 Å². The molecular weight excluding hydrogens is 222 g/mol. The Bertz CT molecular complexity index is 551. The van der Waals surface area contributed by atoms with Gasteiger partial charge in [0.15, 0.2) is 11.5 Å². The molecule has 0 amide bonds. The fourth-order valence-corrected chi connectivity index (χ4v) is 1.56. The summed E-state index contributed by atoms with van der Waals surface area (Å²) in [5, 5.41) is 7.81. The summed E-state index contributed by atoms with van der Waals surface area (Å²) in [5.74, 6) is 2.25. The lowest BCUT2D eigenvalue weighted by Crippen LogP contribution is -2.04. The van der Waals surface area contributed by atoms with Crippen LogP contribution in [0.4, 0.5) is 0 Å². The maximum Gasteiger partial charge on any atom is 0.247 e. The van der Waals surface area contributed by atoms with Crippen molar-refractivity contribution in [3.05, 3.63) is 24.1 Å². The van der Waals surface area contributed by atoms with Crippen LogP contribution >= 0.6 is 0 Å². The second kappa shape index (κ2) is 3.74. The number of nitrogens with zero attached hydrogens (tertiary/aromatic N) is 2. The third-order valence-corrected chi connectivity index (χ3v) is 2.45. The van der Waals surface area contributed by atoms with E-state index < -0.39 is 0 Å². The molecule has 1 aliphatic heterocycles. The first-order valence-corrected chi connectivity index (χ1v) is 5.23. The van der Waals surface area contributed by atoms with E-state index in [0.717, 1.165) is 11.3 Å². The maximum atomic E-state index is 5.65. The van der Waals surface area contributed by atoms with Gasteiger partial charge in [0.05, 0.1) is 6.04 Å². The number of nitrogens with two attached hydrogens (primary N) is 1. The largest absolute Gasteiger partial charge is 0.454 e. The van der Waals surface area contributed by atoms with E-state index in [-0.39, 0.29) is 12.8 Å². The lowest BCUT2D eigenvalue weighted by atomic mass is 10.2. The van der Waals surface area contributed by atoms with Crippen molar-refractivity contribution < 1.29 is 13.9 Å². The first-order chi connectivity index (χ1) is 8.24. The molecule has 1 unspecified atom stereocenters. The minimum atomic E-state index is -0.273. The van der Waals surface area contributed by atoms with Gasteiger partial charge in [-0.3, -0.25) is 0 Å². The zero-order valence-electron chi connectivity index (χ0n) is 9.21. The fraction of sp³-hybridized carbons (Fsp3) is 0.273. The SMILES string of the molecule is CC(N)c1nnc(-c2ccc3c(c2)OCO3)o1. The summed E-state index contributed by atoms with van der Waals surface area (Å²) in [7, 11) is 0. The van der Waals surface area contributed by atoms with Gasteiger partial charge >= 0.3 is 0 Å². The molecule has 0 bridgehead atoms. The van der Waals surface area contributed by atoms with Gasteiger partial charge in [-0.2, -0.15) is 0 Å². The summed E-state index contributed by atoms with van der Waals surface area (Å²) in [5.41, 5.74) is 6.44. The van der Waals surface area contributed by atoms with Crippen LogP contribution in [0, 0.1) is 0 Å². The van der Waals surface area contributed by atoms with Crippen LogP contribution in [0.5, 0.6) is 11.5 Å². The summed E-state index contributed by atoms with van der Waals surface area (Å²) in [6.07, 6.45) is 0. The van der Waals surface area contributed by atoms with Gasteiger partial charge in [-0.05, 0) is 25.1 Å². The zero-order valence-corrected chi connectivity index (χ0v) is 9.21. The summed E-state index contributed by atoms with van der Waals surface area (Å²) < 4.78 is 15.9. The first kappa shape index (κ1) is 10.1. The second-order valence-corrected chi connectivity index (χ2v) is 3.80. The third-order valence-electron chi connectivity index (χ3n) is 2.45. The molecule has 2 N–H and O–H groups in total. The highest BCUT2D eigenvalue weighted by molar-refractivity contribution is 5.60. The lowest BCUT2D eigenvalue weighted by Gasteiger charge is -1.98. The van der Waals surface area contributed by atoms with E-state index in [9.17, 15) is 0 Å². The molecular formula is C11H11N3O3. The minimum Gasteiger partial charge on any atom is -0.454 e. The Morgan fingerprint density at radius 2 is 2.06 bits per heavy atom. The predicted octanol–water partition coefficient (Wildman–Crippen LogP) is 1.49. The van der Waals surface area contributed by atoms with E-state index in [1.54, 1.807) is 13.0 Å². The van der Waals surface area contributed by atoms with Crippen molar-refractivity contribution in [2.75, 3.05) is 6.79 Å². The molecule has 2 heterocycles. The molecule has 6 heteroatoms. The lowest BCUT2D eigenvalue weighted by molar-refractivity contribution is 0.174. The molecule has 0 saturated heterocycles. The summed E-state index contributed by atoms with van der Waals surface area (Å²) in [4.78, 5) is 0. The number of aromatic nitrogens is 2. The molecule has 3 rings (SSSR count). The molecule has 6 nitrogen and oxygen atoms in total. The first-order valence-electron chi connectivity index (χ1n) is 5.23. The highest BCUT2D eigenvalue weighted by Gasteiger charge is 2.17. The van der Waals surface area contributed by atoms with Crippen LogP contribution in [-0.2, 0) is 0 Å². The second-order valence-electron chi connectivity index (χ2n) is 3.80. The topological polar surface area (TPSA) is 83.4 Å². The van der Waals surface area contributed by atoms with Gasteiger partial charge in [0.2, 0.25) is 18.6 Å². The fourth-order valence-electron chi connectivity index (χ4n) is 1.56. The Morgan fingerprint density at radius 1 is 1.24 bits per heavy atom. The monoisotopic (exact) mass is 233 g/mol. The van der Waals surface area contributed by atoms with Gasteiger partial charge in [-0.15, -0.1) is 10.2 Å². The number of hydrogen-bond acceptors (Lipinski definition) is 6. The predicted molar refractivity (Wildman–Crippen MR) is 58.5 cm³/mol. The van der Waals surface area contributed by atoms with Crippen LogP contribution in [0.25, 0.3) is 11.5 Å². The van der Waals surface area contributed by atoms with Gasteiger partial charge in [0, 0.05) is 5.56 Å². The van der Waals surface area contributed by atoms with Crippen LogP contribution in [0.3, 0.4) is 0 Å². The number of fused-ring (bicyclic) bond motifs is 1. The van der Waals surface area contributed by atoms with Crippen molar-refractivity contribution in [2.45, 2.75) is 13.0 Å². The quantitative estimate of drug-likeness (QED) is 0.845. The Hall–Kier alpha value is -2.08. The summed E-state index contributed by atoms with van der Waals surface area (Å²) >= 11 is 0. The number of benzene rings is 1. The summed E-state index contributed by atoms with van der Waals surface area (Å²) in [6.45, 7) is 2.03. The standard InChI is InChI=1S/C11H11N3O3/c1-6(12)10-13-14-11(17-10)7-2-3-8-9(4-7)16-5-15-8/h2-4,6H,5,12H2,1H3. The molecule has 0 saturated carbocycles. The van der Waals surface area contributed by atoms with Crippen LogP contribution in [0.2, 0.25) is 0 Å². The Kier molecular flexibility index (Phi) is 2.22. The number of ether oxygens (including phenoxy) is 2. The Labute approximate surface area is 97.3 Å². The van der Waals surface area contributed by atoms with Gasteiger partial charge < -0.3 is 19.6 Å². The molecule has 2 aromatic rings. The van der Waals surface area contributed by atoms with Crippen molar-refractivity contribution in [1.82, 2.24) is 10.2 Å². The van der Waals surface area contributed by atoms with E-state index in [4.69, 9.17) is 19.6 Å². The van der Waals surface area contributed by atoms with Gasteiger partial charge in [0.1, 0.15) is 0 Å². The Balaban J connectivity index is 1.97. The van der Waals surface area contributed by atoms with E-state index >= 15 is 0 Å². The third kappa shape index (κ3) is 1.72. The van der Waals surface area contributed by atoms with Crippen LogP contribution in [-0.4, -0.2) is 17.0 Å². The average molecular weight is 233 g/mol. The smallest absolute Gasteiger partial charge is 0.247 e. The molecule has 1 atom stereocenters. The van der Waals surface area contributed by atoms with E-state index in [1.807, 2.05) is 12.1 Å². The molecule has 17 heavy (non-hydrogen) atoms. The van der Waals surface area contributed by atoms with Crippen molar-refractivity contribution in [1.29, 1.82) is 0 Å². The van der Waals surface area contributed by atoms with Gasteiger partial charge in [-0.25, -0.2) is 0 Å².